The van der Waals surface area contributed by atoms with E-state index in [1.807, 2.05) is 18.0 Å². The molecule has 0 bridgehead atoms. The van der Waals surface area contributed by atoms with Crippen LogP contribution in [0.5, 0.6) is 0 Å². The van der Waals surface area contributed by atoms with E-state index >= 15 is 0 Å². The average molecular weight is 224 g/mol. The molecule has 0 saturated heterocycles. The molecule has 0 fully saturated rings. The molecule has 0 spiro atoms. The largest absolute Gasteiger partial charge is 0.455 e. The summed E-state index contributed by atoms with van der Waals surface area (Å²) in [6.45, 7) is 0. The summed E-state index contributed by atoms with van der Waals surface area (Å²) < 4.78 is 0. The van der Waals surface area contributed by atoms with Crippen LogP contribution in [0.1, 0.15) is 17.2 Å². The van der Waals surface area contributed by atoms with Gasteiger partial charge in [0.1, 0.15) is 0 Å². The lowest BCUT2D eigenvalue weighted by Crippen LogP contribution is -2.20. The number of rotatable bonds is 4. The maximum Gasteiger partial charge on any atom is 0.0112 e. The van der Waals surface area contributed by atoms with Crippen LogP contribution in [0.15, 0.2) is 60.7 Å². The summed E-state index contributed by atoms with van der Waals surface area (Å²) in [6.07, 6.45) is 0.991. The van der Waals surface area contributed by atoms with Crippen LogP contribution in [0, 0.1) is 7.05 Å². The third-order valence-electron chi connectivity index (χ3n) is 2.99. The van der Waals surface area contributed by atoms with Crippen LogP contribution in [0.2, 0.25) is 0 Å². The molecule has 0 aliphatic heterocycles. The van der Waals surface area contributed by atoms with Crippen LogP contribution in [0.25, 0.3) is 0 Å². The zero-order chi connectivity index (χ0) is 12.1. The van der Waals surface area contributed by atoms with E-state index < -0.39 is 0 Å². The van der Waals surface area contributed by atoms with Gasteiger partial charge in [0.05, 0.1) is 0 Å². The second-order valence-electron chi connectivity index (χ2n) is 4.37. The molecule has 0 aliphatic rings. The molecule has 0 aliphatic carbocycles. The highest BCUT2D eigenvalue weighted by atomic mass is 15.1. The van der Waals surface area contributed by atoms with Crippen molar-refractivity contribution in [3.8, 4) is 0 Å². The van der Waals surface area contributed by atoms with Gasteiger partial charge in [-0.25, -0.2) is 0 Å². The third-order valence-corrected chi connectivity index (χ3v) is 2.99. The minimum absolute atomic E-state index is 0.332. The van der Waals surface area contributed by atoms with E-state index in [-0.39, 0.29) is 0 Å². The van der Waals surface area contributed by atoms with Gasteiger partial charge >= 0.3 is 0 Å². The van der Waals surface area contributed by atoms with Crippen molar-refractivity contribution >= 4 is 0 Å². The topological polar surface area (TPSA) is 3.24 Å². The highest BCUT2D eigenvalue weighted by Gasteiger charge is 2.10. The smallest absolute Gasteiger partial charge is 0.0112 e. The Balaban J connectivity index is 2.20. The van der Waals surface area contributed by atoms with Gasteiger partial charge in [-0.05, 0) is 24.6 Å². The molecule has 1 unspecified atom stereocenters. The van der Waals surface area contributed by atoms with Gasteiger partial charge in [-0.15, -0.1) is 0 Å². The Kier molecular flexibility index (Phi) is 3.94. The first-order valence-electron chi connectivity index (χ1n) is 5.89. The van der Waals surface area contributed by atoms with Crippen LogP contribution < -0.4 is 0 Å². The van der Waals surface area contributed by atoms with Gasteiger partial charge in [-0.1, -0.05) is 60.7 Å². The Morgan fingerprint density at radius 1 is 0.941 bits per heavy atom. The lowest BCUT2D eigenvalue weighted by Gasteiger charge is -2.31. The molecular formula is C16H18N-. The van der Waals surface area contributed by atoms with Crippen LogP contribution in [0.3, 0.4) is 0 Å². The molecule has 0 radical (unpaired) electrons. The van der Waals surface area contributed by atoms with E-state index in [9.17, 15) is 0 Å². The maximum atomic E-state index is 4.04. The fourth-order valence-electron chi connectivity index (χ4n) is 2.04. The normalized spacial score (nSPS) is 12.6. The fourth-order valence-corrected chi connectivity index (χ4v) is 2.04. The van der Waals surface area contributed by atoms with Crippen molar-refractivity contribution < 1.29 is 0 Å². The van der Waals surface area contributed by atoms with Gasteiger partial charge in [0.15, 0.2) is 0 Å². The van der Waals surface area contributed by atoms with Gasteiger partial charge in [0, 0.05) is 6.04 Å². The predicted molar refractivity (Wildman–Crippen MR) is 72.4 cm³/mol. The molecule has 2 rings (SSSR count). The summed E-state index contributed by atoms with van der Waals surface area (Å²) in [6, 6.07) is 21.4. The molecule has 0 aromatic heterocycles. The van der Waals surface area contributed by atoms with Crippen LogP contribution in [0.4, 0.5) is 0 Å². The van der Waals surface area contributed by atoms with Crippen molar-refractivity contribution in [3.05, 3.63) is 78.8 Å². The quantitative estimate of drug-likeness (QED) is 0.716. The number of hydrogen-bond acceptors (Lipinski definition) is 1. The van der Waals surface area contributed by atoms with Gasteiger partial charge in [0.25, 0.3) is 0 Å². The summed E-state index contributed by atoms with van der Waals surface area (Å²) in [4.78, 5) is 2.03. The second-order valence-corrected chi connectivity index (χ2v) is 4.37. The summed E-state index contributed by atoms with van der Waals surface area (Å²) in [5.41, 5.74) is 2.66. The van der Waals surface area contributed by atoms with Gasteiger partial charge in [0.2, 0.25) is 0 Å². The zero-order valence-corrected chi connectivity index (χ0v) is 10.2. The molecule has 0 N–H and O–H groups in total. The summed E-state index contributed by atoms with van der Waals surface area (Å²) in [5, 5.41) is 0. The molecular weight excluding hydrogens is 206 g/mol. The van der Waals surface area contributed by atoms with Gasteiger partial charge < -0.3 is 4.90 Å². The number of benzene rings is 2. The molecule has 2 aromatic rings. The average Bonchev–Trinajstić information content (AvgIpc) is 2.38. The van der Waals surface area contributed by atoms with E-state index in [4.69, 9.17) is 0 Å². The number of nitrogens with zero attached hydrogens (tertiary/aromatic N) is 1. The highest BCUT2D eigenvalue weighted by Crippen LogP contribution is 2.23. The molecule has 17 heavy (non-hydrogen) atoms. The molecule has 1 heteroatoms. The molecule has 0 amide bonds. The first-order valence-corrected chi connectivity index (χ1v) is 5.89. The first-order chi connectivity index (χ1) is 8.27. The molecule has 1 atom stereocenters. The van der Waals surface area contributed by atoms with Crippen LogP contribution in [-0.2, 0) is 6.42 Å². The van der Waals surface area contributed by atoms with Crippen molar-refractivity contribution in [2.75, 3.05) is 7.05 Å². The van der Waals surface area contributed by atoms with Gasteiger partial charge in [-0.3, -0.25) is 7.05 Å². The molecule has 0 saturated carbocycles. The van der Waals surface area contributed by atoms with E-state index in [0.717, 1.165) is 6.42 Å². The third kappa shape index (κ3) is 3.18. The maximum absolute atomic E-state index is 4.04. The molecule has 1 nitrogen and oxygen atoms in total. The SMILES string of the molecule is [CH2-]N(C)C(Cc1ccccc1)c1ccccc1. The predicted octanol–water partition coefficient (Wildman–Crippen LogP) is 3.69. The fraction of sp³-hybridized carbons (Fsp3) is 0.188. The Hall–Kier alpha value is -1.60. The summed E-state index contributed by atoms with van der Waals surface area (Å²) in [5.74, 6) is 0. The van der Waals surface area contributed by atoms with Crippen molar-refractivity contribution in [2.45, 2.75) is 12.5 Å². The van der Waals surface area contributed by atoms with E-state index in [1.54, 1.807) is 0 Å². The van der Waals surface area contributed by atoms with Crippen LogP contribution in [-0.4, -0.2) is 11.9 Å². The Bertz CT molecular complexity index is 434. The lowest BCUT2D eigenvalue weighted by atomic mass is 9.98. The Morgan fingerprint density at radius 3 is 2.00 bits per heavy atom. The van der Waals surface area contributed by atoms with Gasteiger partial charge in [-0.2, -0.15) is 0 Å². The van der Waals surface area contributed by atoms with Crippen molar-refractivity contribution in [2.24, 2.45) is 0 Å². The highest BCUT2D eigenvalue weighted by molar-refractivity contribution is 5.23. The summed E-state index contributed by atoms with van der Waals surface area (Å²) >= 11 is 0. The second kappa shape index (κ2) is 5.65. The monoisotopic (exact) mass is 224 g/mol. The Morgan fingerprint density at radius 2 is 1.47 bits per heavy atom. The van der Waals surface area contributed by atoms with Crippen LogP contribution >= 0.6 is 0 Å². The molecule has 0 heterocycles. The first kappa shape index (κ1) is 11.9. The molecule has 88 valence electrons. The zero-order valence-electron chi connectivity index (χ0n) is 10.2. The minimum Gasteiger partial charge on any atom is -0.455 e. The van der Waals surface area contributed by atoms with E-state index in [2.05, 4.69) is 61.6 Å². The standard InChI is InChI=1S/C16H18N/c1-17(2)16(15-11-7-4-8-12-15)13-14-9-5-3-6-10-14/h3-12,16H,1,13H2,2H3/q-1. The number of hydrogen-bond donors (Lipinski definition) is 0. The van der Waals surface area contributed by atoms with Crippen molar-refractivity contribution in [1.82, 2.24) is 4.90 Å². The van der Waals surface area contributed by atoms with Crippen molar-refractivity contribution in [3.63, 3.8) is 0 Å². The van der Waals surface area contributed by atoms with E-state index in [1.165, 1.54) is 11.1 Å². The number of likely N-dealkylation sites (N-methyl/N-ethyl adjacent to an activating group) is 1. The lowest BCUT2D eigenvalue weighted by molar-refractivity contribution is 0.329. The van der Waals surface area contributed by atoms with Crippen molar-refractivity contribution in [1.29, 1.82) is 0 Å². The summed E-state index contributed by atoms with van der Waals surface area (Å²) in [7, 11) is 6.07. The minimum atomic E-state index is 0.332. The van der Waals surface area contributed by atoms with E-state index in [0.29, 0.717) is 6.04 Å². The molecule has 2 aromatic carbocycles. The Labute approximate surface area is 104 Å².